The summed E-state index contributed by atoms with van der Waals surface area (Å²) < 4.78 is 34.4. The van der Waals surface area contributed by atoms with Gasteiger partial charge in [-0.3, -0.25) is 9.59 Å². The van der Waals surface area contributed by atoms with E-state index < -0.39 is 11.9 Å². The number of methoxy groups -OCH3 is 3. The lowest BCUT2D eigenvalue weighted by Gasteiger charge is -2.47. The van der Waals surface area contributed by atoms with Crippen LogP contribution >= 0.6 is 0 Å². The first-order valence-electron chi connectivity index (χ1n) is 18.1. The maximum atomic E-state index is 11.7. The van der Waals surface area contributed by atoms with Crippen LogP contribution in [0.15, 0.2) is 59.7 Å². The van der Waals surface area contributed by atoms with Gasteiger partial charge in [0.15, 0.2) is 11.5 Å². The predicted octanol–water partition coefficient (Wildman–Crippen LogP) is 4.97. The van der Waals surface area contributed by atoms with Gasteiger partial charge in [-0.05, 0) is 92.3 Å². The zero-order valence-electron chi connectivity index (χ0n) is 32.7. The zero-order valence-corrected chi connectivity index (χ0v) is 32.7. The third-order valence-corrected chi connectivity index (χ3v) is 9.64. The monoisotopic (exact) mass is 747 g/mol. The molecule has 0 radical (unpaired) electrons. The highest BCUT2D eigenvalue weighted by atomic mass is 16.5. The second kappa shape index (κ2) is 19.2. The van der Waals surface area contributed by atoms with E-state index in [0.29, 0.717) is 35.3 Å². The van der Waals surface area contributed by atoms with E-state index in [1.54, 1.807) is 7.11 Å². The van der Waals surface area contributed by atoms with Crippen molar-refractivity contribution in [1.82, 2.24) is 10.3 Å². The summed E-state index contributed by atoms with van der Waals surface area (Å²) in [6, 6.07) is 8.02. The first kappa shape index (κ1) is 41.5. The van der Waals surface area contributed by atoms with Crippen LogP contribution in [0.4, 0.5) is 0 Å². The van der Waals surface area contributed by atoms with Crippen LogP contribution in [-0.2, 0) is 31.9 Å². The van der Waals surface area contributed by atoms with Crippen molar-refractivity contribution < 1.29 is 38.0 Å². The average molecular weight is 748 g/mol. The van der Waals surface area contributed by atoms with Crippen LogP contribution in [0, 0.1) is 11.3 Å². The molecule has 2 atom stereocenters. The third kappa shape index (κ3) is 11.6. The molecular weight excluding hydrogens is 690 g/mol. The van der Waals surface area contributed by atoms with E-state index >= 15 is 0 Å². The maximum absolute atomic E-state index is 11.7. The highest BCUT2D eigenvalue weighted by Gasteiger charge is 2.43. The summed E-state index contributed by atoms with van der Waals surface area (Å²) >= 11 is 0. The van der Waals surface area contributed by atoms with Crippen LogP contribution < -0.4 is 41.6 Å². The fourth-order valence-corrected chi connectivity index (χ4v) is 6.71. The summed E-state index contributed by atoms with van der Waals surface area (Å²) in [5.41, 5.74) is 18.1. The number of nitrogens with two attached hydrogens (primary N) is 3. The Morgan fingerprint density at radius 3 is 2.20 bits per heavy atom. The second-order valence-electron chi connectivity index (χ2n) is 14.6. The van der Waals surface area contributed by atoms with Gasteiger partial charge in [-0.15, -0.1) is 0 Å². The number of fused-ring (bicyclic) bond motifs is 2. The normalized spacial score (nSPS) is 17.7. The lowest BCUT2D eigenvalue weighted by molar-refractivity contribution is -0.141. The molecule has 1 heterocycles. The number of nitrogens with zero attached hydrogens (tertiary/aromatic N) is 1. The van der Waals surface area contributed by atoms with Crippen molar-refractivity contribution >= 4 is 24.1 Å². The highest BCUT2D eigenvalue weighted by molar-refractivity contribution is 5.74. The van der Waals surface area contributed by atoms with Crippen molar-refractivity contribution in [3.8, 4) is 23.0 Å². The van der Waals surface area contributed by atoms with Gasteiger partial charge in [0, 0.05) is 23.9 Å². The Morgan fingerprint density at radius 2 is 1.57 bits per heavy atom. The van der Waals surface area contributed by atoms with E-state index in [1.807, 2.05) is 44.2 Å². The molecule has 54 heavy (non-hydrogen) atoms. The van der Waals surface area contributed by atoms with Crippen LogP contribution in [0.1, 0.15) is 69.2 Å². The molecule has 2 aromatic rings. The summed E-state index contributed by atoms with van der Waals surface area (Å²) in [4.78, 5) is 23.2. The second-order valence-corrected chi connectivity index (χ2v) is 14.6. The minimum Gasteiger partial charge on any atom is -0.493 e. The molecule has 2 aliphatic rings. The molecule has 1 saturated carbocycles. The number of carbonyl (C=O) groups is 2. The van der Waals surface area contributed by atoms with E-state index in [2.05, 4.69) is 40.8 Å². The molecule has 7 N–H and O–H groups in total. The van der Waals surface area contributed by atoms with E-state index in [-0.39, 0.29) is 43.5 Å². The van der Waals surface area contributed by atoms with Crippen LogP contribution in [0.25, 0.3) is 12.2 Å². The van der Waals surface area contributed by atoms with Crippen molar-refractivity contribution in [2.75, 3.05) is 47.6 Å². The van der Waals surface area contributed by atoms with Gasteiger partial charge in [-0.1, -0.05) is 37.6 Å². The Morgan fingerprint density at radius 1 is 0.944 bits per heavy atom. The topological polar surface area (TPSA) is 183 Å². The summed E-state index contributed by atoms with van der Waals surface area (Å²) in [5, 5.41) is 3.97. The molecular formula is C41H57N5O8. The van der Waals surface area contributed by atoms with Crippen LogP contribution in [0.5, 0.6) is 23.0 Å². The molecule has 0 saturated heterocycles. The molecule has 294 valence electrons. The molecule has 4 rings (SSSR count). The van der Waals surface area contributed by atoms with Gasteiger partial charge in [0.25, 0.3) is 0 Å². The Hall–Kier alpha value is -5.30. The summed E-state index contributed by atoms with van der Waals surface area (Å²) in [7, 11) is 4.27. The molecule has 0 spiro atoms. The van der Waals surface area contributed by atoms with Gasteiger partial charge in [-0.2, -0.15) is 0 Å². The quantitative estimate of drug-likeness (QED) is 0.0560. The lowest BCUT2D eigenvalue weighted by atomic mass is 9.64. The largest absolute Gasteiger partial charge is 0.493 e. The molecule has 13 nitrogen and oxygen atoms in total. The summed E-state index contributed by atoms with van der Waals surface area (Å²) in [5.74, 6) is 8.06. The fraction of sp³-hybridized carbons (Fsp3) is 0.463. The van der Waals surface area contributed by atoms with Gasteiger partial charge < -0.3 is 50.2 Å². The van der Waals surface area contributed by atoms with E-state index in [0.717, 1.165) is 57.8 Å². The van der Waals surface area contributed by atoms with Crippen LogP contribution in [0.3, 0.4) is 0 Å². The van der Waals surface area contributed by atoms with Crippen LogP contribution in [-0.4, -0.2) is 70.7 Å². The van der Waals surface area contributed by atoms with Gasteiger partial charge in [-0.25, -0.2) is 5.84 Å². The van der Waals surface area contributed by atoms with Crippen molar-refractivity contribution in [3.05, 3.63) is 82.0 Å². The molecule has 0 bridgehead atoms. The number of carbonyl (C=O) groups excluding carboxylic acids is 2. The number of esters is 2. The predicted molar refractivity (Wildman–Crippen MR) is 209 cm³/mol. The Bertz CT molecular complexity index is 1760. The number of rotatable bonds is 17. The number of hydrogen-bond donors (Lipinski definition) is 4. The summed E-state index contributed by atoms with van der Waals surface area (Å²) in [6.07, 6.45) is 14.0. The number of benzene rings is 2. The number of nitrogens with one attached hydrogen (secondary N) is 1. The molecule has 13 heteroatoms. The van der Waals surface area contributed by atoms with Gasteiger partial charge in [0.1, 0.15) is 43.9 Å². The molecule has 1 fully saturated rings. The van der Waals surface area contributed by atoms with Crippen molar-refractivity contribution in [2.24, 2.45) is 28.6 Å². The van der Waals surface area contributed by atoms with Crippen LogP contribution in [0.2, 0.25) is 0 Å². The SMILES string of the molecule is COC(=O)CN/C=C(\N)COc1cc(/C=C/c2cc3c(c(OC)c2)OC2CCCC(C)(C)C2C3)cc(OC/C(N)=C/N(N)CC(=O)OC)c1CC=C(C)C. The minimum absolute atomic E-state index is 0.0245. The molecule has 1 aliphatic carbocycles. The van der Waals surface area contributed by atoms with Gasteiger partial charge in [0.05, 0.1) is 32.7 Å². The fourth-order valence-electron chi connectivity index (χ4n) is 6.71. The van der Waals surface area contributed by atoms with Gasteiger partial charge >= 0.3 is 11.9 Å². The zero-order chi connectivity index (χ0) is 39.4. The molecule has 0 aromatic heterocycles. The molecule has 2 unspecified atom stereocenters. The van der Waals surface area contributed by atoms with E-state index in [9.17, 15) is 9.59 Å². The Kier molecular flexibility index (Phi) is 14.7. The minimum atomic E-state index is -0.507. The maximum Gasteiger partial charge on any atom is 0.326 e. The van der Waals surface area contributed by atoms with E-state index in [4.69, 9.17) is 36.3 Å². The Labute approximate surface area is 319 Å². The first-order chi connectivity index (χ1) is 25.7. The van der Waals surface area contributed by atoms with Crippen molar-refractivity contribution in [2.45, 2.75) is 65.9 Å². The number of hydrazine groups is 1. The number of allylic oxidation sites excluding steroid dienone is 2. The number of ether oxygens (including phenoxy) is 6. The lowest BCUT2D eigenvalue weighted by Crippen LogP contribution is -2.45. The Balaban J connectivity index is 1.70. The molecule has 1 aliphatic heterocycles. The highest BCUT2D eigenvalue weighted by Crippen LogP contribution is 2.50. The van der Waals surface area contributed by atoms with Crippen molar-refractivity contribution in [1.29, 1.82) is 0 Å². The first-order valence-corrected chi connectivity index (χ1v) is 18.1. The van der Waals surface area contributed by atoms with Crippen molar-refractivity contribution in [3.63, 3.8) is 0 Å². The van der Waals surface area contributed by atoms with E-state index in [1.165, 1.54) is 33.0 Å². The van der Waals surface area contributed by atoms with Gasteiger partial charge in [0.2, 0.25) is 0 Å². The number of hydrogen-bond acceptors (Lipinski definition) is 13. The smallest absolute Gasteiger partial charge is 0.326 e. The standard InChI is InChI=1S/C41H57N5O8/c1-26(2)10-13-32-35(52-24-30(42)20-45-21-38(47)50-6)16-28(17-36(32)53-25-31(43)22-46(44)23-39(48)51-7)12-11-27-15-29-19-33-34(9-8-14-41(33,3)4)54-40(29)37(18-27)49-5/h10-12,15-18,20,22,33-34,45H,8-9,13-14,19,21,23-25,42-44H2,1-7H3/b12-11+,30-20-,31-22-. The third-order valence-electron chi connectivity index (χ3n) is 9.64. The summed E-state index contributed by atoms with van der Waals surface area (Å²) in [6.45, 7) is 8.51. The average Bonchev–Trinajstić information content (AvgIpc) is 3.13. The molecule has 0 amide bonds. The molecule has 2 aromatic carbocycles.